The zero-order valence-electron chi connectivity index (χ0n) is 11.7. The van der Waals surface area contributed by atoms with Gasteiger partial charge in [-0.1, -0.05) is 37.3 Å². The van der Waals surface area contributed by atoms with Gasteiger partial charge in [-0.2, -0.15) is 0 Å². The van der Waals surface area contributed by atoms with Gasteiger partial charge in [-0.3, -0.25) is 0 Å². The second-order valence-corrected chi connectivity index (χ2v) is 10.8. The Morgan fingerprint density at radius 2 is 1.65 bits per heavy atom. The van der Waals surface area contributed by atoms with Crippen LogP contribution in [0.1, 0.15) is 32.8 Å². The van der Waals surface area contributed by atoms with Crippen LogP contribution in [0.4, 0.5) is 0 Å². The average Bonchev–Trinajstić information content (AvgIpc) is 2.24. The topological polar surface area (TPSA) is 9.23 Å². The van der Waals surface area contributed by atoms with Gasteiger partial charge in [0, 0.05) is 5.41 Å². The summed E-state index contributed by atoms with van der Waals surface area (Å²) in [6, 6.07) is 12.1. The summed E-state index contributed by atoms with van der Waals surface area (Å²) in [6.45, 7) is 11.5. The summed E-state index contributed by atoms with van der Waals surface area (Å²) >= 11 is 0. The minimum absolute atomic E-state index is 0.0671. The van der Waals surface area contributed by atoms with Crippen LogP contribution in [0.5, 0.6) is 0 Å². The van der Waals surface area contributed by atoms with Gasteiger partial charge in [0.15, 0.2) is 8.32 Å². The molecule has 1 aromatic rings. The molecular weight excluding hydrogens is 224 g/mol. The van der Waals surface area contributed by atoms with E-state index in [0.717, 1.165) is 0 Å². The molecule has 94 valence electrons. The predicted octanol–water partition coefficient (Wildman–Crippen LogP) is 4.35. The van der Waals surface area contributed by atoms with Crippen molar-refractivity contribution in [3.63, 3.8) is 0 Å². The quantitative estimate of drug-likeness (QED) is 0.671. The number of benzene rings is 1. The standard InChI is InChI=1S/C15H24OSi/c1-14(2)15(3,11-12-17(4,5)16-14)13-9-7-6-8-10-13/h6-10H,11-12H2,1-5H3. The summed E-state index contributed by atoms with van der Waals surface area (Å²) in [4.78, 5) is 0. The molecule has 2 rings (SSSR count). The molecule has 1 fully saturated rings. The summed E-state index contributed by atoms with van der Waals surface area (Å²) in [6.07, 6.45) is 1.24. The van der Waals surface area contributed by atoms with Crippen LogP contribution in [-0.2, 0) is 9.84 Å². The Morgan fingerprint density at radius 3 is 2.18 bits per heavy atom. The van der Waals surface area contributed by atoms with E-state index >= 15 is 0 Å². The Morgan fingerprint density at radius 1 is 1.06 bits per heavy atom. The van der Waals surface area contributed by atoms with E-state index in [2.05, 4.69) is 64.2 Å². The van der Waals surface area contributed by atoms with Crippen molar-refractivity contribution in [2.45, 2.75) is 57.3 Å². The van der Waals surface area contributed by atoms with Crippen LogP contribution in [0.15, 0.2) is 30.3 Å². The van der Waals surface area contributed by atoms with Gasteiger partial charge in [0.1, 0.15) is 0 Å². The molecule has 1 saturated heterocycles. The molecule has 1 heterocycles. The fraction of sp³-hybridized carbons (Fsp3) is 0.600. The second kappa shape index (κ2) is 3.96. The molecule has 0 spiro atoms. The van der Waals surface area contributed by atoms with E-state index in [0.29, 0.717) is 0 Å². The highest BCUT2D eigenvalue weighted by Crippen LogP contribution is 2.48. The molecule has 1 atom stereocenters. The molecular formula is C15H24OSi. The third-order valence-corrected chi connectivity index (χ3v) is 7.02. The summed E-state index contributed by atoms with van der Waals surface area (Å²) in [5, 5.41) is 0. The monoisotopic (exact) mass is 248 g/mol. The predicted molar refractivity (Wildman–Crippen MR) is 75.9 cm³/mol. The van der Waals surface area contributed by atoms with Crippen molar-refractivity contribution in [3.8, 4) is 0 Å². The van der Waals surface area contributed by atoms with Crippen molar-refractivity contribution in [1.82, 2.24) is 0 Å². The molecule has 17 heavy (non-hydrogen) atoms. The molecule has 1 nitrogen and oxygen atoms in total. The minimum atomic E-state index is -1.45. The van der Waals surface area contributed by atoms with Crippen LogP contribution in [0.25, 0.3) is 0 Å². The maximum atomic E-state index is 6.47. The molecule has 0 bridgehead atoms. The molecule has 1 aromatic carbocycles. The van der Waals surface area contributed by atoms with Crippen molar-refractivity contribution in [2.75, 3.05) is 0 Å². The van der Waals surface area contributed by atoms with E-state index < -0.39 is 8.32 Å². The number of rotatable bonds is 1. The van der Waals surface area contributed by atoms with Crippen LogP contribution in [0, 0.1) is 0 Å². The molecule has 1 aliphatic heterocycles. The maximum absolute atomic E-state index is 6.47. The molecule has 0 amide bonds. The van der Waals surface area contributed by atoms with Gasteiger partial charge in [-0.05, 0) is 45.0 Å². The zero-order valence-corrected chi connectivity index (χ0v) is 12.7. The fourth-order valence-corrected chi connectivity index (χ4v) is 5.82. The summed E-state index contributed by atoms with van der Waals surface area (Å²) in [5.74, 6) is 0. The summed E-state index contributed by atoms with van der Waals surface area (Å²) < 4.78 is 6.47. The Kier molecular flexibility index (Phi) is 2.99. The first-order valence-corrected chi connectivity index (χ1v) is 9.64. The van der Waals surface area contributed by atoms with Crippen molar-refractivity contribution >= 4 is 8.32 Å². The van der Waals surface area contributed by atoms with Gasteiger partial charge in [0.05, 0.1) is 5.60 Å². The van der Waals surface area contributed by atoms with E-state index in [1.807, 2.05) is 0 Å². The van der Waals surface area contributed by atoms with E-state index in [-0.39, 0.29) is 11.0 Å². The molecule has 2 heteroatoms. The molecule has 0 N–H and O–H groups in total. The first-order valence-electron chi connectivity index (χ1n) is 6.53. The second-order valence-electron chi connectivity index (χ2n) is 6.57. The maximum Gasteiger partial charge on any atom is 0.187 e. The van der Waals surface area contributed by atoms with Crippen molar-refractivity contribution in [3.05, 3.63) is 35.9 Å². The highest BCUT2D eigenvalue weighted by atomic mass is 28.4. The van der Waals surface area contributed by atoms with E-state index in [4.69, 9.17) is 4.43 Å². The van der Waals surface area contributed by atoms with E-state index in [1.165, 1.54) is 18.0 Å². The molecule has 1 aliphatic rings. The Hall–Kier alpha value is -0.603. The Labute approximate surface area is 106 Å². The van der Waals surface area contributed by atoms with Crippen LogP contribution >= 0.6 is 0 Å². The lowest BCUT2D eigenvalue weighted by atomic mass is 9.68. The smallest absolute Gasteiger partial charge is 0.187 e. The Bertz CT molecular complexity index is 397. The van der Waals surface area contributed by atoms with Gasteiger partial charge in [0.25, 0.3) is 0 Å². The van der Waals surface area contributed by atoms with E-state index in [1.54, 1.807) is 0 Å². The third-order valence-electron chi connectivity index (χ3n) is 4.50. The third kappa shape index (κ3) is 2.21. The molecule has 0 aromatic heterocycles. The Balaban J connectivity index is 2.39. The van der Waals surface area contributed by atoms with Gasteiger partial charge in [-0.15, -0.1) is 0 Å². The van der Waals surface area contributed by atoms with Gasteiger partial charge in [0.2, 0.25) is 0 Å². The van der Waals surface area contributed by atoms with Gasteiger partial charge < -0.3 is 4.43 Å². The average molecular weight is 248 g/mol. The largest absolute Gasteiger partial charge is 0.412 e. The van der Waals surface area contributed by atoms with Crippen molar-refractivity contribution in [1.29, 1.82) is 0 Å². The number of hydrogen-bond donors (Lipinski definition) is 0. The van der Waals surface area contributed by atoms with Crippen LogP contribution in [0.3, 0.4) is 0 Å². The normalized spacial score (nSPS) is 31.1. The van der Waals surface area contributed by atoms with Crippen LogP contribution in [-0.4, -0.2) is 13.9 Å². The highest BCUT2D eigenvalue weighted by Gasteiger charge is 2.50. The molecule has 0 saturated carbocycles. The summed E-state index contributed by atoms with van der Waals surface area (Å²) in [7, 11) is -1.45. The SMILES string of the molecule is CC1(C)O[Si](C)(C)CCC1(C)c1ccccc1. The van der Waals surface area contributed by atoms with E-state index in [9.17, 15) is 0 Å². The van der Waals surface area contributed by atoms with Crippen molar-refractivity contribution < 1.29 is 4.43 Å². The molecule has 0 radical (unpaired) electrons. The minimum Gasteiger partial charge on any atom is -0.412 e. The summed E-state index contributed by atoms with van der Waals surface area (Å²) in [5.41, 5.74) is 1.48. The molecule has 0 aliphatic carbocycles. The first kappa shape index (κ1) is 12.8. The molecule has 1 unspecified atom stereocenters. The van der Waals surface area contributed by atoms with Crippen molar-refractivity contribution in [2.24, 2.45) is 0 Å². The fourth-order valence-electron chi connectivity index (χ4n) is 3.00. The zero-order chi connectivity index (χ0) is 12.7. The number of hydrogen-bond acceptors (Lipinski definition) is 1. The lowest BCUT2D eigenvalue weighted by Crippen LogP contribution is -2.57. The lowest BCUT2D eigenvalue weighted by molar-refractivity contribution is -0.00251. The van der Waals surface area contributed by atoms with Gasteiger partial charge >= 0.3 is 0 Å². The lowest BCUT2D eigenvalue weighted by Gasteiger charge is -2.53. The van der Waals surface area contributed by atoms with Gasteiger partial charge in [-0.25, -0.2) is 0 Å². The first-order chi connectivity index (χ1) is 7.77. The highest BCUT2D eigenvalue weighted by molar-refractivity contribution is 6.71. The van der Waals surface area contributed by atoms with Crippen LogP contribution in [0.2, 0.25) is 19.1 Å². The van der Waals surface area contributed by atoms with Crippen LogP contribution < -0.4 is 0 Å².